The Morgan fingerprint density at radius 3 is 2.50 bits per heavy atom. The quantitative estimate of drug-likeness (QED) is 0.373. The molecule has 0 saturated heterocycles. The Kier molecular flexibility index (Phi) is 5.79. The third-order valence-corrected chi connectivity index (χ3v) is 1.66. The number of thioether (sulfide) groups is 1. The lowest BCUT2D eigenvalue weighted by Crippen LogP contribution is -1.76. The molecule has 0 spiro atoms. The zero-order valence-electron chi connectivity index (χ0n) is 4.53. The molecule has 0 nitrogen and oxygen atoms in total. The average Bonchev–Trinajstić information content (AvgIpc) is 1.61. The second-order valence-corrected chi connectivity index (χ2v) is 2.59. The van der Waals surface area contributed by atoms with Crippen molar-refractivity contribution in [3.05, 3.63) is 0 Å². The van der Waals surface area contributed by atoms with E-state index in [9.17, 15) is 0 Å². The molecule has 0 radical (unpaired) electrons. The highest BCUT2D eigenvalue weighted by Gasteiger charge is 1.75. The van der Waals surface area contributed by atoms with Gasteiger partial charge in [0.25, 0.3) is 0 Å². The maximum absolute atomic E-state index is 2.21. The maximum Gasteiger partial charge on any atom is 0.114 e. The van der Waals surface area contributed by atoms with Gasteiger partial charge in [0.1, 0.15) is 7.85 Å². The molecule has 0 saturated carbocycles. The third-order valence-electron chi connectivity index (χ3n) is 0.553. The van der Waals surface area contributed by atoms with Crippen LogP contribution in [-0.4, -0.2) is 19.3 Å². The molecule has 0 bridgehead atoms. The molecule has 0 unspecified atom stereocenters. The molecule has 0 aromatic carbocycles. The number of hydrogen-bond donors (Lipinski definition) is 0. The monoisotopic (exact) mass is 102 g/mol. The van der Waals surface area contributed by atoms with Gasteiger partial charge in [0.05, 0.1) is 0 Å². The van der Waals surface area contributed by atoms with Crippen LogP contribution in [0.2, 0.25) is 0 Å². The predicted octanol–water partition coefficient (Wildman–Crippen LogP) is 0.720. The van der Waals surface area contributed by atoms with E-state index in [4.69, 9.17) is 0 Å². The minimum absolute atomic E-state index is 1.27. The largest absolute Gasteiger partial charge is 0.171 e. The summed E-state index contributed by atoms with van der Waals surface area (Å²) in [5, 5.41) is 0. The molecule has 0 aromatic rings. The van der Waals surface area contributed by atoms with Crippen molar-refractivity contribution in [2.24, 2.45) is 0 Å². The SMILES string of the molecule is BCSCCC. The summed E-state index contributed by atoms with van der Waals surface area (Å²) in [5.41, 5.74) is 1.27. The van der Waals surface area contributed by atoms with Crippen LogP contribution in [0, 0.1) is 0 Å². The zero-order valence-corrected chi connectivity index (χ0v) is 5.35. The first-order valence-corrected chi connectivity index (χ1v) is 3.65. The number of rotatable bonds is 3. The van der Waals surface area contributed by atoms with Gasteiger partial charge < -0.3 is 0 Å². The van der Waals surface area contributed by atoms with Crippen LogP contribution in [0.1, 0.15) is 13.3 Å². The van der Waals surface area contributed by atoms with Crippen molar-refractivity contribution in [2.45, 2.75) is 13.3 Å². The predicted molar refractivity (Wildman–Crippen MR) is 36.2 cm³/mol. The Morgan fingerprint density at radius 1 is 1.67 bits per heavy atom. The van der Waals surface area contributed by atoms with Crippen LogP contribution >= 0.6 is 11.8 Å². The first-order chi connectivity index (χ1) is 2.91. The lowest BCUT2D eigenvalue weighted by Gasteiger charge is -1.86. The summed E-state index contributed by atoms with van der Waals surface area (Å²) in [5.74, 6) is 1.33. The summed E-state index contributed by atoms with van der Waals surface area (Å²) in [4.78, 5) is 0. The van der Waals surface area contributed by atoms with Crippen LogP contribution in [0.4, 0.5) is 0 Å². The maximum atomic E-state index is 2.21. The summed E-state index contributed by atoms with van der Waals surface area (Å²) in [6.07, 6.45) is 1.32. The van der Waals surface area contributed by atoms with E-state index in [1.54, 1.807) is 0 Å². The highest BCUT2D eigenvalue weighted by molar-refractivity contribution is 8.00. The molecule has 36 valence electrons. The van der Waals surface area contributed by atoms with Crippen molar-refractivity contribution in [3.8, 4) is 0 Å². The lowest BCUT2D eigenvalue weighted by molar-refractivity contribution is 1.11. The van der Waals surface area contributed by atoms with Gasteiger partial charge in [0, 0.05) is 0 Å². The second kappa shape index (κ2) is 5.41. The van der Waals surface area contributed by atoms with Gasteiger partial charge in [-0.2, -0.15) is 11.8 Å². The van der Waals surface area contributed by atoms with Crippen molar-refractivity contribution < 1.29 is 0 Å². The van der Waals surface area contributed by atoms with E-state index >= 15 is 0 Å². The Balaban J connectivity index is 2.34. The molecule has 0 heterocycles. The molecule has 0 atom stereocenters. The number of hydrogen-bond acceptors (Lipinski definition) is 1. The summed E-state index contributed by atoms with van der Waals surface area (Å²) in [6, 6.07) is 0. The first kappa shape index (κ1) is 6.41. The molecule has 0 aromatic heterocycles. The Hall–Kier alpha value is 0.415. The molecule has 0 aliphatic carbocycles. The third kappa shape index (κ3) is 4.41. The fraction of sp³-hybridized carbons (Fsp3) is 1.00. The topological polar surface area (TPSA) is 0 Å². The van der Waals surface area contributed by atoms with Crippen LogP contribution in [0.25, 0.3) is 0 Å². The fourth-order valence-electron chi connectivity index (χ4n) is 0.289. The van der Waals surface area contributed by atoms with Crippen molar-refractivity contribution in [1.82, 2.24) is 0 Å². The van der Waals surface area contributed by atoms with E-state index in [-0.39, 0.29) is 0 Å². The molecule has 6 heavy (non-hydrogen) atoms. The van der Waals surface area contributed by atoms with Gasteiger partial charge in [-0.25, -0.2) is 0 Å². The van der Waals surface area contributed by atoms with Gasteiger partial charge >= 0.3 is 0 Å². The van der Waals surface area contributed by atoms with Crippen molar-refractivity contribution in [3.63, 3.8) is 0 Å². The Labute approximate surface area is 45.1 Å². The van der Waals surface area contributed by atoms with Crippen molar-refractivity contribution in [2.75, 3.05) is 11.4 Å². The van der Waals surface area contributed by atoms with Gasteiger partial charge in [0.2, 0.25) is 0 Å². The zero-order chi connectivity index (χ0) is 4.83. The molecular formula is C4H11BS. The minimum atomic E-state index is 1.27. The Morgan fingerprint density at radius 2 is 2.33 bits per heavy atom. The molecule has 0 aliphatic heterocycles. The van der Waals surface area contributed by atoms with E-state index < -0.39 is 0 Å². The van der Waals surface area contributed by atoms with Crippen LogP contribution in [0.3, 0.4) is 0 Å². The van der Waals surface area contributed by atoms with Crippen LogP contribution < -0.4 is 0 Å². The van der Waals surface area contributed by atoms with Crippen LogP contribution in [-0.2, 0) is 0 Å². The van der Waals surface area contributed by atoms with Crippen LogP contribution in [0.5, 0.6) is 0 Å². The van der Waals surface area contributed by atoms with Gasteiger partial charge in [-0.15, -0.1) is 0 Å². The second-order valence-electron chi connectivity index (χ2n) is 1.20. The van der Waals surface area contributed by atoms with Crippen molar-refractivity contribution in [1.29, 1.82) is 0 Å². The van der Waals surface area contributed by atoms with Gasteiger partial charge in [0.15, 0.2) is 0 Å². The molecule has 0 amide bonds. The normalized spacial score (nSPS) is 8.83. The standard InChI is InChI=1S/C4H11BS/c1-2-3-6-4-5/h2-5H2,1H3. The molecular weight excluding hydrogens is 90.9 g/mol. The van der Waals surface area contributed by atoms with E-state index in [1.807, 2.05) is 11.8 Å². The molecule has 0 fully saturated rings. The highest BCUT2D eigenvalue weighted by atomic mass is 32.2. The van der Waals surface area contributed by atoms with Crippen LogP contribution in [0.15, 0.2) is 0 Å². The van der Waals surface area contributed by atoms with E-state index in [2.05, 4.69) is 14.8 Å². The summed E-state index contributed by atoms with van der Waals surface area (Å²) in [6.45, 7) is 2.21. The van der Waals surface area contributed by atoms with E-state index in [0.29, 0.717) is 0 Å². The fourth-order valence-corrected chi connectivity index (χ4v) is 0.866. The molecule has 2 heteroatoms. The smallest absolute Gasteiger partial charge is 0.114 e. The average molecular weight is 102 g/mol. The lowest BCUT2D eigenvalue weighted by atomic mass is 10.2. The first-order valence-electron chi connectivity index (χ1n) is 2.49. The molecule has 0 rings (SSSR count). The molecule has 0 N–H and O–H groups in total. The van der Waals surface area contributed by atoms with Gasteiger partial charge in [-0.3, -0.25) is 0 Å². The van der Waals surface area contributed by atoms with Crippen molar-refractivity contribution >= 4 is 19.6 Å². The summed E-state index contributed by atoms with van der Waals surface area (Å²) in [7, 11) is 2.19. The summed E-state index contributed by atoms with van der Waals surface area (Å²) >= 11 is 2.01. The van der Waals surface area contributed by atoms with Gasteiger partial charge in [-0.05, 0) is 17.8 Å². The van der Waals surface area contributed by atoms with E-state index in [1.165, 1.54) is 17.8 Å². The van der Waals surface area contributed by atoms with E-state index in [0.717, 1.165) is 0 Å². The minimum Gasteiger partial charge on any atom is -0.171 e. The molecule has 0 aliphatic rings. The Bertz CT molecular complexity index is 19.5. The highest BCUT2D eigenvalue weighted by Crippen LogP contribution is 1.96. The summed E-state index contributed by atoms with van der Waals surface area (Å²) < 4.78 is 0. The van der Waals surface area contributed by atoms with Gasteiger partial charge in [-0.1, -0.05) is 6.92 Å².